The lowest BCUT2D eigenvalue weighted by Gasteiger charge is -2.34. The highest BCUT2D eigenvalue weighted by molar-refractivity contribution is 7.10. The van der Waals surface area contributed by atoms with Gasteiger partial charge in [-0.05, 0) is 11.4 Å². The fraction of sp³-hybridized carbons (Fsp3) is 0.625. The van der Waals surface area contributed by atoms with Crippen molar-refractivity contribution in [2.24, 2.45) is 5.92 Å². The van der Waals surface area contributed by atoms with Crippen molar-refractivity contribution in [1.29, 1.82) is 0 Å². The van der Waals surface area contributed by atoms with Crippen LogP contribution in [0.15, 0.2) is 17.5 Å². The lowest BCUT2D eigenvalue weighted by molar-refractivity contribution is -0.128. The minimum absolute atomic E-state index is 0.0162. The molecule has 7 heteroatoms. The number of carbonyl (C=O) groups is 2. The van der Waals surface area contributed by atoms with Crippen molar-refractivity contribution in [2.75, 3.05) is 46.4 Å². The van der Waals surface area contributed by atoms with Crippen molar-refractivity contribution >= 4 is 23.2 Å². The van der Waals surface area contributed by atoms with E-state index in [-0.39, 0.29) is 23.8 Å². The van der Waals surface area contributed by atoms with E-state index in [4.69, 9.17) is 4.74 Å². The first kappa shape index (κ1) is 16.4. The third-order valence-electron chi connectivity index (χ3n) is 4.54. The molecule has 23 heavy (non-hydrogen) atoms. The number of rotatable bonds is 5. The number of morpholine rings is 1. The maximum absolute atomic E-state index is 12.4. The summed E-state index contributed by atoms with van der Waals surface area (Å²) in [5.74, 6) is -0.188. The van der Waals surface area contributed by atoms with Crippen LogP contribution in [-0.2, 0) is 14.3 Å². The molecule has 0 spiro atoms. The first-order valence-electron chi connectivity index (χ1n) is 8.02. The van der Waals surface area contributed by atoms with Gasteiger partial charge >= 0.3 is 0 Å². The second kappa shape index (κ2) is 7.42. The fourth-order valence-corrected chi connectivity index (χ4v) is 4.02. The highest BCUT2D eigenvalue weighted by atomic mass is 32.1. The van der Waals surface area contributed by atoms with Gasteiger partial charge in [-0.3, -0.25) is 14.5 Å². The van der Waals surface area contributed by atoms with E-state index in [0.29, 0.717) is 19.5 Å². The molecule has 1 aromatic heterocycles. The first-order chi connectivity index (χ1) is 11.1. The number of thiophene rings is 1. The van der Waals surface area contributed by atoms with Crippen LogP contribution in [0.5, 0.6) is 0 Å². The lowest BCUT2D eigenvalue weighted by atomic mass is 10.1. The summed E-state index contributed by atoms with van der Waals surface area (Å²) in [5.41, 5.74) is 0. The van der Waals surface area contributed by atoms with Crippen LogP contribution >= 0.6 is 11.3 Å². The zero-order valence-corrected chi connectivity index (χ0v) is 14.2. The van der Waals surface area contributed by atoms with E-state index in [9.17, 15) is 9.59 Å². The Morgan fingerprint density at radius 3 is 2.87 bits per heavy atom. The number of ether oxygens (including phenoxy) is 1. The molecule has 1 aromatic rings. The molecule has 0 radical (unpaired) electrons. The molecule has 0 saturated carbocycles. The van der Waals surface area contributed by atoms with Crippen molar-refractivity contribution in [3.05, 3.63) is 22.4 Å². The van der Waals surface area contributed by atoms with Crippen LogP contribution in [0.1, 0.15) is 17.3 Å². The Kier molecular flexibility index (Phi) is 5.30. The molecule has 2 aliphatic heterocycles. The predicted molar refractivity (Wildman–Crippen MR) is 88.2 cm³/mol. The van der Waals surface area contributed by atoms with Gasteiger partial charge in [0.2, 0.25) is 11.8 Å². The number of amides is 2. The third-order valence-corrected chi connectivity index (χ3v) is 5.51. The van der Waals surface area contributed by atoms with Gasteiger partial charge in [0.25, 0.3) is 0 Å². The molecule has 2 amide bonds. The van der Waals surface area contributed by atoms with Gasteiger partial charge in [-0.2, -0.15) is 0 Å². The Bertz CT molecular complexity index is 543. The van der Waals surface area contributed by atoms with Crippen LogP contribution in [-0.4, -0.2) is 68.1 Å². The topological polar surface area (TPSA) is 61.9 Å². The molecule has 2 aliphatic rings. The van der Waals surface area contributed by atoms with Crippen LogP contribution < -0.4 is 5.32 Å². The number of hydrogen-bond donors (Lipinski definition) is 1. The van der Waals surface area contributed by atoms with E-state index in [0.717, 1.165) is 26.3 Å². The van der Waals surface area contributed by atoms with E-state index >= 15 is 0 Å². The molecule has 6 nitrogen and oxygen atoms in total. The number of hydrogen-bond acceptors (Lipinski definition) is 5. The molecule has 0 bridgehead atoms. The van der Waals surface area contributed by atoms with Crippen LogP contribution in [0.3, 0.4) is 0 Å². The molecular weight excluding hydrogens is 314 g/mol. The third kappa shape index (κ3) is 3.91. The summed E-state index contributed by atoms with van der Waals surface area (Å²) in [6, 6.07) is 4.33. The molecule has 3 heterocycles. The average molecular weight is 337 g/mol. The summed E-state index contributed by atoms with van der Waals surface area (Å²) in [4.78, 5) is 29.2. The summed E-state index contributed by atoms with van der Waals surface area (Å²) in [5, 5.41) is 5.12. The van der Waals surface area contributed by atoms with Gasteiger partial charge in [-0.1, -0.05) is 6.07 Å². The molecule has 2 fully saturated rings. The standard InChI is InChI=1S/C16H23N3O3S/c1-18-11-12(9-15(18)20)16(21)17-10-13(14-3-2-8-23-14)19-4-6-22-7-5-19/h2-3,8,12-13H,4-7,9-11H2,1H3,(H,17,21)/t12-,13+/m1/s1. The molecule has 1 N–H and O–H groups in total. The Hall–Kier alpha value is -1.44. The molecule has 0 aromatic carbocycles. The summed E-state index contributed by atoms with van der Waals surface area (Å²) < 4.78 is 5.43. The van der Waals surface area contributed by atoms with Gasteiger partial charge in [-0.25, -0.2) is 0 Å². The van der Waals surface area contributed by atoms with Crippen LogP contribution in [0.4, 0.5) is 0 Å². The first-order valence-corrected chi connectivity index (χ1v) is 8.90. The maximum Gasteiger partial charge on any atom is 0.225 e. The smallest absolute Gasteiger partial charge is 0.225 e. The average Bonchev–Trinajstić information content (AvgIpc) is 3.19. The quantitative estimate of drug-likeness (QED) is 0.860. The van der Waals surface area contributed by atoms with Gasteiger partial charge in [0.15, 0.2) is 0 Å². The number of nitrogens with one attached hydrogen (secondary N) is 1. The minimum atomic E-state index is -0.221. The summed E-state index contributed by atoms with van der Waals surface area (Å²) in [6.07, 6.45) is 0.323. The SMILES string of the molecule is CN1C[C@H](C(=O)NC[C@@H](c2cccs2)N2CCOCC2)CC1=O. The molecule has 2 saturated heterocycles. The van der Waals surface area contributed by atoms with Gasteiger partial charge in [-0.15, -0.1) is 11.3 Å². The van der Waals surface area contributed by atoms with Crippen molar-refractivity contribution in [2.45, 2.75) is 12.5 Å². The molecule has 0 unspecified atom stereocenters. The second-order valence-corrected chi connectivity index (χ2v) is 7.08. The van der Waals surface area contributed by atoms with Crippen molar-refractivity contribution in [3.8, 4) is 0 Å². The van der Waals surface area contributed by atoms with E-state index in [2.05, 4.69) is 21.7 Å². The normalized spacial score (nSPS) is 24.0. The predicted octanol–water partition coefficient (Wildman–Crippen LogP) is 0.716. The van der Waals surface area contributed by atoms with E-state index in [1.807, 2.05) is 6.07 Å². The monoisotopic (exact) mass is 337 g/mol. The van der Waals surface area contributed by atoms with Gasteiger partial charge in [0, 0.05) is 44.5 Å². The summed E-state index contributed by atoms with van der Waals surface area (Å²) in [6.45, 7) is 4.32. The van der Waals surface area contributed by atoms with E-state index in [1.54, 1.807) is 23.3 Å². The molecule has 0 aliphatic carbocycles. The van der Waals surface area contributed by atoms with Gasteiger partial charge < -0.3 is 15.0 Å². The van der Waals surface area contributed by atoms with E-state index in [1.165, 1.54) is 4.88 Å². The lowest BCUT2D eigenvalue weighted by Crippen LogP contribution is -2.44. The van der Waals surface area contributed by atoms with Crippen molar-refractivity contribution < 1.29 is 14.3 Å². The highest BCUT2D eigenvalue weighted by Crippen LogP contribution is 2.25. The number of carbonyl (C=O) groups excluding carboxylic acids is 2. The van der Waals surface area contributed by atoms with Crippen LogP contribution in [0, 0.1) is 5.92 Å². The number of nitrogens with zero attached hydrogens (tertiary/aromatic N) is 2. The van der Waals surface area contributed by atoms with Crippen molar-refractivity contribution in [3.63, 3.8) is 0 Å². The highest BCUT2D eigenvalue weighted by Gasteiger charge is 2.33. The summed E-state index contributed by atoms with van der Waals surface area (Å²) >= 11 is 1.71. The van der Waals surface area contributed by atoms with Crippen LogP contribution in [0.25, 0.3) is 0 Å². The van der Waals surface area contributed by atoms with Crippen LogP contribution in [0.2, 0.25) is 0 Å². The van der Waals surface area contributed by atoms with Gasteiger partial charge in [0.05, 0.1) is 25.2 Å². The minimum Gasteiger partial charge on any atom is -0.379 e. The Morgan fingerprint density at radius 2 is 2.26 bits per heavy atom. The second-order valence-electron chi connectivity index (χ2n) is 6.10. The molecule has 2 atom stereocenters. The fourth-order valence-electron chi connectivity index (χ4n) is 3.16. The summed E-state index contributed by atoms with van der Waals surface area (Å²) in [7, 11) is 1.75. The molecule has 3 rings (SSSR count). The Balaban J connectivity index is 1.60. The van der Waals surface area contributed by atoms with Crippen molar-refractivity contribution in [1.82, 2.24) is 15.1 Å². The zero-order chi connectivity index (χ0) is 16.2. The molecular formula is C16H23N3O3S. The largest absolute Gasteiger partial charge is 0.379 e. The number of likely N-dealkylation sites (tertiary alicyclic amines) is 1. The maximum atomic E-state index is 12.4. The molecule has 126 valence electrons. The zero-order valence-electron chi connectivity index (χ0n) is 13.4. The Morgan fingerprint density at radius 1 is 1.48 bits per heavy atom. The Labute approximate surface area is 140 Å². The van der Waals surface area contributed by atoms with E-state index < -0.39 is 0 Å². The van der Waals surface area contributed by atoms with Gasteiger partial charge in [0.1, 0.15) is 0 Å².